The first-order valence-electron chi connectivity index (χ1n) is 8.53. The second kappa shape index (κ2) is 5.99. The average molecular weight is 342 g/mol. The molecule has 6 atom stereocenters. The fourth-order valence-electron chi connectivity index (χ4n) is 5.71. The smallest absolute Gasteiger partial charge is 0.311 e. The molecule has 0 heterocycles. The normalized spacial score (nSPS) is 43.8. The van der Waals surface area contributed by atoms with Crippen molar-refractivity contribution in [3.63, 3.8) is 0 Å². The number of rotatable bonds is 3. The van der Waals surface area contributed by atoms with Crippen LogP contribution in [0.4, 0.5) is 0 Å². The van der Waals surface area contributed by atoms with Gasteiger partial charge in [-0.3, -0.25) is 9.59 Å². The van der Waals surface area contributed by atoms with Gasteiger partial charge in [-0.1, -0.05) is 27.7 Å². The highest BCUT2D eigenvalue weighted by molar-refractivity contribution is 5.75. The number of carbonyl (C=O) groups is 2. The van der Waals surface area contributed by atoms with Crippen molar-refractivity contribution >= 4 is 11.9 Å². The van der Waals surface area contributed by atoms with Crippen LogP contribution in [0.3, 0.4) is 0 Å². The summed E-state index contributed by atoms with van der Waals surface area (Å²) >= 11 is 0. The lowest BCUT2D eigenvalue weighted by atomic mass is 9.55. The van der Waals surface area contributed by atoms with Crippen molar-refractivity contribution in [2.75, 3.05) is 13.7 Å². The number of carbonyl (C=O) groups excluding carboxylic acids is 2. The standard InChI is InChI=1S/C18H30O6/c1-10-7-12(24-11(2)20)14-16(3,4)8-17(5,9-19)18(14,22)13(10)15(21)23-6/h10,12-14,19,22H,7-9H2,1-6H3/t10-,12+,13-,14+,17-,18-/m1/s1. The third kappa shape index (κ3) is 2.54. The number of ether oxygens (including phenoxy) is 2. The van der Waals surface area contributed by atoms with Gasteiger partial charge in [-0.05, 0) is 24.2 Å². The van der Waals surface area contributed by atoms with Gasteiger partial charge >= 0.3 is 11.9 Å². The predicted octanol–water partition coefficient (Wildman–Crippen LogP) is 1.52. The van der Waals surface area contributed by atoms with Crippen molar-refractivity contribution in [1.82, 2.24) is 0 Å². The quantitative estimate of drug-likeness (QED) is 0.756. The van der Waals surface area contributed by atoms with Gasteiger partial charge in [0, 0.05) is 18.3 Å². The van der Waals surface area contributed by atoms with Crippen LogP contribution in [0.5, 0.6) is 0 Å². The molecule has 0 aliphatic heterocycles. The van der Waals surface area contributed by atoms with E-state index in [-0.39, 0.29) is 12.5 Å². The molecule has 0 aromatic rings. The molecule has 0 aromatic carbocycles. The lowest BCUT2D eigenvalue weighted by Gasteiger charge is -2.54. The number of fused-ring (bicyclic) bond motifs is 1. The van der Waals surface area contributed by atoms with E-state index in [1.165, 1.54) is 14.0 Å². The molecule has 6 nitrogen and oxygen atoms in total. The van der Waals surface area contributed by atoms with Crippen LogP contribution in [-0.4, -0.2) is 47.6 Å². The highest BCUT2D eigenvalue weighted by Gasteiger charge is 2.73. The second-order valence-electron chi connectivity index (χ2n) is 8.55. The molecular weight excluding hydrogens is 312 g/mol. The fraction of sp³-hybridized carbons (Fsp3) is 0.889. The summed E-state index contributed by atoms with van der Waals surface area (Å²) in [6.45, 7) is 8.73. The second-order valence-corrected chi connectivity index (χ2v) is 8.55. The van der Waals surface area contributed by atoms with E-state index in [2.05, 4.69) is 0 Å². The Bertz CT molecular complexity index is 530. The summed E-state index contributed by atoms with van der Waals surface area (Å²) in [7, 11) is 1.31. The minimum Gasteiger partial charge on any atom is -0.469 e. The number of hydrogen-bond donors (Lipinski definition) is 2. The number of hydrogen-bond acceptors (Lipinski definition) is 6. The van der Waals surface area contributed by atoms with Crippen molar-refractivity contribution in [3.05, 3.63) is 0 Å². The molecule has 0 bridgehead atoms. The van der Waals surface area contributed by atoms with Gasteiger partial charge in [0.05, 0.1) is 25.2 Å². The van der Waals surface area contributed by atoms with E-state index < -0.39 is 46.3 Å². The molecule has 2 saturated carbocycles. The van der Waals surface area contributed by atoms with E-state index in [1.807, 2.05) is 20.8 Å². The molecule has 0 spiro atoms. The summed E-state index contributed by atoms with van der Waals surface area (Å²) in [5, 5.41) is 21.9. The number of aliphatic hydroxyl groups is 2. The van der Waals surface area contributed by atoms with Crippen LogP contribution in [0.25, 0.3) is 0 Å². The van der Waals surface area contributed by atoms with E-state index in [1.54, 1.807) is 6.92 Å². The monoisotopic (exact) mass is 342 g/mol. The first-order valence-corrected chi connectivity index (χ1v) is 8.53. The topological polar surface area (TPSA) is 93.1 Å². The van der Waals surface area contributed by atoms with Crippen LogP contribution in [0.15, 0.2) is 0 Å². The Hall–Kier alpha value is -1.14. The fourth-order valence-corrected chi connectivity index (χ4v) is 5.71. The Kier molecular flexibility index (Phi) is 4.79. The van der Waals surface area contributed by atoms with Gasteiger partial charge in [-0.25, -0.2) is 0 Å². The van der Waals surface area contributed by atoms with Crippen molar-refractivity contribution in [3.8, 4) is 0 Å². The van der Waals surface area contributed by atoms with Gasteiger partial charge in [-0.2, -0.15) is 0 Å². The van der Waals surface area contributed by atoms with Crippen LogP contribution in [-0.2, 0) is 19.1 Å². The summed E-state index contributed by atoms with van der Waals surface area (Å²) < 4.78 is 10.5. The minimum absolute atomic E-state index is 0.233. The molecule has 2 aliphatic carbocycles. The molecule has 0 saturated heterocycles. The maximum absolute atomic E-state index is 12.5. The highest BCUT2D eigenvalue weighted by Crippen LogP contribution is 2.66. The first-order chi connectivity index (χ1) is 10.9. The van der Waals surface area contributed by atoms with Gasteiger partial charge in [0.25, 0.3) is 0 Å². The molecule has 2 N–H and O–H groups in total. The third-order valence-corrected chi connectivity index (χ3v) is 6.27. The van der Waals surface area contributed by atoms with Crippen LogP contribution >= 0.6 is 0 Å². The largest absolute Gasteiger partial charge is 0.469 e. The van der Waals surface area contributed by atoms with E-state index in [0.717, 1.165) is 0 Å². The van der Waals surface area contributed by atoms with E-state index in [9.17, 15) is 19.8 Å². The van der Waals surface area contributed by atoms with Crippen molar-refractivity contribution in [1.29, 1.82) is 0 Å². The van der Waals surface area contributed by atoms with Crippen LogP contribution in [0.2, 0.25) is 0 Å². The van der Waals surface area contributed by atoms with Crippen LogP contribution in [0, 0.1) is 28.6 Å². The summed E-state index contributed by atoms with van der Waals surface area (Å²) in [5.74, 6) is -2.33. The summed E-state index contributed by atoms with van der Waals surface area (Å²) in [5.41, 5.74) is -2.79. The van der Waals surface area contributed by atoms with E-state index >= 15 is 0 Å². The molecule has 0 radical (unpaired) electrons. The van der Waals surface area contributed by atoms with Crippen LogP contribution < -0.4 is 0 Å². The Morgan fingerprint density at radius 3 is 2.29 bits per heavy atom. The maximum Gasteiger partial charge on any atom is 0.311 e. The molecule has 0 unspecified atom stereocenters. The maximum atomic E-state index is 12.5. The molecule has 24 heavy (non-hydrogen) atoms. The predicted molar refractivity (Wildman–Crippen MR) is 86.9 cm³/mol. The van der Waals surface area contributed by atoms with E-state index in [0.29, 0.717) is 12.8 Å². The highest BCUT2D eigenvalue weighted by atomic mass is 16.5. The summed E-state index contributed by atoms with van der Waals surface area (Å²) in [6.07, 6.45) is 0.513. The minimum atomic E-state index is -1.50. The van der Waals surface area contributed by atoms with E-state index in [4.69, 9.17) is 9.47 Å². The zero-order valence-electron chi connectivity index (χ0n) is 15.5. The van der Waals surface area contributed by atoms with Gasteiger partial charge in [0.15, 0.2) is 0 Å². The summed E-state index contributed by atoms with van der Waals surface area (Å²) in [4.78, 5) is 24.1. The average Bonchev–Trinajstić information content (AvgIpc) is 2.60. The number of aliphatic hydroxyl groups excluding tert-OH is 1. The number of methoxy groups -OCH3 is 1. The zero-order chi connectivity index (χ0) is 18.5. The lowest BCUT2D eigenvalue weighted by molar-refractivity contribution is -0.224. The number of esters is 2. The van der Waals surface area contributed by atoms with Crippen molar-refractivity contribution < 1.29 is 29.3 Å². The Morgan fingerprint density at radius 2 is 1.83 bits per heavy atom. The van der Waals surface area contributed by atoms with Gasteiger partial charge in [0.1, 0.15) is 6.10 Å². The Morgan fingerprint density at radius 1 is 1.25 bits per heavy atom. The van der Waals surface area contributed by atoms with Crippen molar-refractivity contribution in [2.24, 2.45) is 28.6 Å². The molecular formula is C18H30O6. The lowest BCUT2D eigenvalue weighted by Crippen LogP contribution is -2.65. The molecule has 138 valence electrons. The van der Waals surface area contributed by atoms with Crippen molar-refractivity contribution in [2.45, 2.75) is 59.2 Å². The SMILES string of the molecule is COC(=O)[C@H]1[C@H](C)C[C@H](OC(C)=O)[C@H]2C(C)(C)C[C@](C)(CO)[C@@]12O. The molecule has 0 amide bonds. The zero-order valence-corrected chi connectivity index (χ0v) is 15.5. The molecule has 0 aromatic heterocycles. The summed E-state index contributed by atoms with van der Waals surface area (Å²) in [6, 6.07) is 0. The molecule has 2 fully saturated rings. The van der Waals surface area contributed by atoms with Gasteiger partial charge < -0.3 is 19.7 Å². The van der Waals surface area contributed by atoms with Gasteiger partial charge in [-0.15, -0.1) is 0 Å². The molecule has 2 rings (SSSR count). The molecule has 2 aliphatic rings. The Balaban J connectivity index is 2.63. The third-order valence-electron chi connectivity index (χ3n) is 6.27. The molecule has 6 heteroatoms. The Labute approximate surface area is 143 Å². The van der Waals surface area contributed by atoms with Crippen LogP contribution in [0.1, 0.15) is 47.5 Å². The first kappa shape index (κ1) is 19.2. The van der Waals surface area contributed by atoms with Gasteiger partial charge in [0.2, 0.25) is 0 Å².